The summed E-state index contributed by atoms with van der Waals surface area (Å²) in [7, 11) is 0. The monoisotopic (exact) mass is 286 g/mol. The zero-order valence-corrected chi connectivity index (χ0v) is 11.6. The van der Waals surface area contributed by atoms with E-state index in [0.29, 0.717) is 5.92 Å². The van der Waals surface area contributed by atoms with Crippen LogP contribution in [-0.4, -0.2) is 5.33 Å². The summed E-state index contributed by atoms with van der Waals surface area (Å²) in [6.07, 6.45) is 3.68. The van der Waals surface area contributed by atoms with Gasteiger partial charge in [0.1, 0.15) is 5.82 Å². The molecule has 1 rings (SSSR count). The van der Waals surface area contributed by atoms with Gasteiger partial charge < -0.3 is 0 Å². The van der Waals surface area contributed by atoms with E-state index in [1.165, 1.54) is 24.8 Å². The van der Waals surface area contributed by atoms with Crippen molar-refractivity contribution in [3.05, 3.63) is 35.6 Å². The van der Waals surface area contributed by atoms with Crippen LogP contribution in [0.4, 0.5) is 4.39 Å². The molecule has 0 saturated heterocycles. The minimum Gasteiger partial charge on any atom is -0.207 e. The Morgan fingerprint density at radius 1 is 1.25 bits per heavy atom. The predicted molar refractivity (Wildman–Crippen MR) is 71.6 cm³/mol. The number of alkyl halides is 1. The summed E-state index contributed by atoms with van der Waals surface area (Å²) >= 11 is 3.56. The molecule has 0 amide bonds. The van der Waals surface area contributed by atoms with E-state index in [2.05, 4.69) is 29.8 Å². The second-order valence-corrected chi connectivity index (χ2v) is 5.18. The van der Waals surface area contributed by atoms with Crippen LogP contribution in [0.2, 0.25) is 0 Å². The molecule has 0 fully saturated rings. The summed E-state index contributed by atoms with van der Waals surface area (Å²) in [4.78, 5) is 0. The second-order valence-electron chi connectivity index (χ2n) is 4.53. The Morgan fingerprint density at radius 3 is 2.38 bits per heavy atom. The molecule has 1 aromatic carbocycles. The lowest BCUT2D eigenvalue weighted by Crippen LogP contribution is -2.06. The van der Waals surface area contributed by atoms with Crippen molar-refractivity contribution in [2.24, 2.45) is 5.92 Å². The SMILES string of the molecule is CCCC(C)CC(CBr)c1ccc(F)cc1. The van der Waals surface area contributed by atoms with E-state index in [-0.39, 0.29) is 5.82 Å². The molecule has 90 valence electrons. The Kier molecular flexibility index (Phi) is 6.04. The average molecular weight is 287 g/mol. The lowest BCUT2D eigenvalue weighted by atomic mass is 9.89. The summed E-state index contributed by atoms with van der Waals surface area (Å²) in [6, 6.07) is 6.91. The molecule has 0 aliphatic heterocycles. The Labute approximate surface area is 106 Å². The quantitative estimate of drug-likeness (QED) is 0.636. The van der Waals surface area contributed by atoms with E-state index in [1.54, 1.807) is 12.1 Å². The summed E-state index contributed by atoms with van der Waals surface area (Å²) in [6.45, 7) is 4.51. The predicted octanol–water partition coefficient (Wildman–Crippen LogP) is 5.13. The lowest BCUT2D eigenvalue weighted by Gasteiger charge is -2.19. The minimum absolute atomic E-state index is 0.154. The molecule has 0 bridgehead atoms. The Morgan fingerprint density at radius 2 is 1.88 bits per heavy atom. The molecule has 16 heavy (non-hydrogen) atoms. The fraction of sp³-hybridized carbons (Fsp3) is 0.571. The van der Waals surface area contributed by atoms with Crippen LogP contribution < -0.4 is 0 Å². The maximum atomic E-state index is 12.8. The first-order chi connectivity index (χ1) is 7.67. The molecule has 2 atom stereocenters. The van der Waals surface area contributed by atoms with Crippen molar-refractivity contribution < 1.29 is 4.39 Å². The number of hydrogen-bond donors (Lipinski definition) is 0. The zero-order valence-electron chi connectivity index (χ0n) is 10.0. The van der Waals surface area contributed by atoms with Gasteiger partial charge in [-0.25, -0.2) is 4.39 Å². The first kappa shape index (κ1) is 13.7. The van der Waals surface area contributed by atoms with E-state index in [1.807, 2.05) is 12.1 Å². The molecule has 0 N–H and O–H groups in total. The van der Waals surface area contributed by atoms with E-state index < -0.39 is 0 Å². The highest BCUT2D eigenvalue weighted by Crippen LogP contribution is 2.27. The van der Waals surface area contributed by atoms with Crippen molar-refractivity contribution in [3.63, 3.8) is 0 Å². The van der Waals surface area contributed by atoms with Crippen LogP contribution in [0.3, 0.4) is 0 Å². The fourth-order valence-corrected chi connectivity index (χ4v) is 2.76. The first-order valence-corrected chi connectivity index (χ1v) is 7.11. The van der Waals surface area contributed by atoms with Gasteiger partial charge in [0.15, 0.2) is 0 Å². The van der Waals surface area contributed by atoms with Crippen LogP contribution in [0, 0.1) is 11.7 Å². The third-order valence-corrected chi connectivity index (χ3v) is 3.78. The van der Waals surface area contributed by atoms with E-state index in [4.69, 9.17) is 0 Å². The molecular formula is C14H20BrF. The molecule has 2 unspecified atom stereocenters. The number of rotatable bonds is 6. The molecule has 0 heterocycles. The van der Waals surface area contributed by atoms with Gasteiger partial charge in [0, 0.05) is 5.33 Å². The largest absolute Gasteiger partial charge is 0.207 e. The number of benzene rings is 1. The molecule has 0 radical (unpaired) electrons. The highest BCUT2D eigenvalue weighted by Gasteiger charge is 2.13. The topological polar surface area (TPSA) is 0 Å². The van der Waals surface area contributed by atoms with E-state index in [0.717, 1.165) is 11.2 Å². The van der Waals surface area contributed by atoms with E-state index in [9.17, 15) is 4.39 Å². The van der Waals surface area contributed by atoms with Crippen molar-refractivity contribution in [2.75, 3.05) is 5.33 Å². The third kappa shape index (κ3) is 4.25. The van der Waals surface area contributed by atoms with Crippen molar-refractivity contribution in [3.8, 4) is 0 Å². The molecule has 0 aliphatic carbocycles. The van der Waals surface area contributed by atoms with Gasteiger partial charge in [-0.05, 0) is 36.0 Å². The highest BCUT2D eigenvalue weighted by atomic mass is 79.9. The van der Waals surface area contributed by atoms with Gasteiger partial charge >= 0.3 is 0 Å². The molecule has 0 spiro atoms. The molecular weight excluding hydrogens is 267 g/mol. The van der Waals surface area contributed by atoms with Gasteiger partial charge in [-0.15, -0.1) is 0 Å². The van der Waals surface area contributed by atoms with Crippen LogP contribution in [0.1, 0.15) is 44.6 Å². The maximum Gasteiger partial charge on any atom is 0.123 e. The Hall–Kier alpha value is -0.370. The molecule has 1 aromatic rings. The van der Waals surface area contributed by atoms with Gasteiger partial charge in [-0.2, -0.15) is 0 Å². The molecule has 0 nitrogen and oxygen atoms in total. The van der Waals surface area contributed by atoms with Crippen LogP contribution in [0.15, 0.2) is 24.3 Å². The van der Waals surface area contributed by atoms with Gasteiger partial charge in [0.2, 0.25) is 0 Å². The molecule has 2 heteroatoms. The van der Waals surface area contributed by atoms with Crippen LogP contribution >= 0.6 is 15.9 Å². The van der Waals surface area contributed by atoms with Crippen molar-refractivity contribution in [1.82, 2.24) is 0 Å². The smallest absolute Gasteiger partial charge is 0.123 e. The molecule has 0 aromatic heterocycles. The third-order valence-electron chi connectivity index (χ3n) is 3.00. The van der Waals surface area contributed by atoms with Crippen molar-refractivity contribution >= 4 is 15.9 Å². The summed E-state index contributed by atoms with van der Waals surface area (Å²) < 4.78 is 12.8. The summed E-state index contributed by atoms with van der Waals surface area (Å²) in [5.41, 5.74) is 1.24. The normalized spacial score (nSPS) is 14.8. The lowest BCUT2D eigenvalue weighted by molar-refractivity contribution is 0.452. The molecule has 0 saturated carbocycles. The van der Waals surface area contributed by atoms with Crippen molar-refractivity contribution in [1.29, 1.82) is 0 Å². The fourth-order valence-electron chi connectivity index (χ4n) is 2.12. The van der Waals surface area contributed by atoms with Crippen molar-refractivity contribution in [2.45, 2.75) is 39.0 Å². The molecule has 0 aliphatic rings. The second kappa shape index (κ2) is 7.05. The van der Waals surface area contributed by atoms with Gasteiger partial charge in [0.05, 0.1) is 0 Å². The standard InChI is InChI=1S/C14H20BrF/c1-3-4-11(2)9-13(10-15)12-5-7-14(16)8-6-12/h5-8,11,13H,3-4,9-10H2,1-2H3. The minimum atomic E-state index is -0.154. The van der Waals surface area contributed by atoms with Gasteiger partial charge in [0.25, 0.3) is 0 Å². The number of hydrogen-bond acceptors (Lipinski definition) is 0. The summed E-state index contributed by atoms with van der Waals surface area (Å²) in [5.74, 6) is 1.08. The van der Waals surface area contributed by atoms with Crippen LogP contribution in [0.25, 0.3) is 0 Å². The highest BCUT2D eigenvalue weighted by molar-refractivity contribution is 9.09. The summed E-state index contributed by atoms with van der Waals surface area (Å²) in [5, 5.41) is 0.951. The van der Waals surface area contributed by atoms with Crippen LogP contribution in [0.5, 0.6) is 0 Å². The van der Waals surface area contributed by atoms with E-state index >= 15 is 0 Å². The van der Waals surface area contributed by atoms with Gasteiger partial charge in [-0.1, -0.05) is 54.8 Å². The number of halogens is 2. The Bertz CT molecular complexity index is 294. The average Bonchev–Trinajstić information content (AvgIpc) is 2.27. The zero-order chi connectivity index (χ0) is 12.0. The van der Waals surface area contributed by atoms with Crippen LogP contribution in [-0.2, 0) is 0 Å². The van der Waals surface area contributed by atoms with Gasteiger partial charge in [-0.3, -0.25) is 0 Å². The Balaban J connectivity index is 2.63. The first-order valence-electron chi connectivity index (χ1n) is 5.98. The maximum absolute atomic E-state index is 12.8.